The highest BCUT2D eigenvalue weighted by Gasteiger charge is 2.31. The molecule has 0 spiro atoms. The average Bonchev–Trinajstić information content (AvgIpc) is 2.87. The first kappa shape index (κ1) is 31.8. The molecule has 1 aromatic heterocycles. The minimum absolute atomic E-state index is 0.0163. The molecule has 1 aromatic carbocycles. The van der Waals surface area contributed by atoms with Crippen LogP contribution in [0.4, 0.5) is 24.7 Å². The number of aromatic nitrogens is 1. The van der Waals surface area contributed by atoms with Crippen molar-refractivity contribution in [3.8, 4) is 5.75 Å². The number of anilines is 2. The van der Waals surface area contributed by atoms with Gasteiger partial charge in [0.2, 0.25) is 0 Å². The summed E-state index contributed by atoms with van der Waals surface area (Å²) in [5.74, 6) is 0.521. The standard InChI is InChI=1S/C19H22F3N3O2.C9H16O/c1-3-12(4-2)17(23)16-13(11-26)9-10-24-18(16)25-14-5-7-15(8-6-14)27-19(20,21)22;1-4-6-7-9(10)8(3)5-2/h5-10,12,23,26H,3-4,11H2,1-2H3,(H,24,25);6-8H,4-5H2,1-3H3/b;7-6+. The predicted molar refractivity (Wildman–Crippen MR) is 141 cm³/mol. The minimum atomic E-state index is -4.75. The van der Waals surface area contributed by atoms with E-state index >= 15 is 0 Å². The average molecular weight is 522 g/mol. The molecule has 0 bridgehead atoms. The third-order valence-electron chi connectivity index (χ3n) is 5.84. The van der Waals surface area contributed by atoms with Gasteiger partial charge in [0.05, 0.1) is 6.61 Å². The number of pyridine rings is 1. The van der Waals surface area contributed by atoms with E-state index in [2.05, 4.69) is 15.0 Å². The van der Waals surface area contributed by atoms with Crippen molar-refractivity contribution < 1.29 is 27.8 Å². The lowest BCUT2D eigenvalue weighted by Crippen LogP contribution is -2.18. The Morgan fingerprint density at radius 2 is 1.73 bits per heavy atom. The molecule has 37 heavy (non-hydrogen) atoms. The second kappa shape index (κ2) is 15.8. The van der Waals surface area contributed by atoms with Gasteiger partial charge in [-0.15, -0.1) is 13.2 Å². The maximum atomic E-state index is 12.3. The fourth-order valence-corrected chi connectivity index (χ4v) is 3.41. The van der Waals surface area contributed by atoms with Gasteiger partial charge in [-0.2, -0.15) is 0 Å². The van der Waals surface area contributed by atoms with Gasteiger partial charge in [-0.05, 0) is 67.7 Å². The number of aliphatic hydroxyl groups is 1. The molecule has 2 rings (SSSR count). The molecule has 0 saturated carbocycles. The molecule has 0 fully saturated rings. The Bertz CT molecular complexity index is 1020. The summed E-state index contributed by atoms with van der Waals surface area (Å²) in [6, 6.07) is 6.89. The van der Waals surface area contributed by atoms with E-state index in [0.29, 0.717) is 28.3 Å². The van der Waals surface area contributed by atoms with Crippen LogP contribution in [0, 0.1) is 17.2 Å². The van der Waals surface area contributed by atoms with Crippen LogP contribution in [-0.4, -0.2) is 27.9 Å². The quantitative estimate of drug-likeness (QED) is 0.198. The Morgan fingerprint density at radius 3 is 2.22 bits per heavy atom. The Hall–Kier alpha value is -3.20. The topological polar surface area (TPSA) is 95.3 Å². The first-order valence-electron chi connectivity index (χ1n) is 12.5. The van der Waals surface area contributed by atoms with Crippen LogP contribution in [0.3, 0.4) is 0 Å². The van der Waals surface area contributed by atoms with Crippen molar-refractivity contribution in [2.45, 2.75) is 73.3 Å². The second-order valence-electron chi connectivity index (χ2n) is 8.50. The fourth-order valence-electron chi connectivity index (χ4n) is 3.41. The van der Waals surface area contributed by atoms with Gasteiger partial charge >= 0.3 is 6.36 Å². The number of allylic oxidation sites excluding steroid dienone is 2. The van der Waals surface area contributed by atoms with E-state index in [4.69, 9.17) is 5.41 Å². The lowest BCUT2D eigenvalue weighted by molar-refractivity contribution is -0.274. The van der Waals surface area contributed by atoms with Crippen molar-refractivity contribution in [1.82, 2.24) is 4.98 Å². The smallest absolute Gasteiger partial charge is 0.406 e. The van der Waals surface area contributed by atoms with Crippen molar-refractivity contribution in [1.29, 1.82) is 5.41 Å². The largest absolute Gasteiger partial charge is 0.573 e. The lowest BCUT2D eigenvalue weighted by atomic mass is 9.90. The zero-order valence-corrected chi connectivity index (χ0v) is 22.2. The highest BCUT2D eigenvalue weighted by Crippen LogP contribution is 2.29. The number of benzene rings is 1. The zero-order valence-electron chi connectivity index (χ0n) is 22.2. The molecule has 0 amide bonds. The molecule has 3 N–H and O–H groups in total. The Labute approximate surface area is 217 Å². The number of alkyl halides is 3. The number of carbonyl (C=O) groups excluding carboxylic acids is 1. The van der Waals surface area contributed by atoms with Crippen molar-refractivity contribution in [2.24, 2.45) is 11.8 Å². The summed E-state index contributed by atoms with van der Waals surface area (Å²) >= 11 is 0. The predicted octanol–water partition coefficient (Wildman–Crippen LogP) is 7.59. The number of hydrogen-bond acceptors (Lipinski definition) is 6. The number of aliphatic hydroxyl groups excluding tert-OH is 1. The van der Waals surface area contributed by atoms with E-state index in [-0.39, 0.29) is 30.0 Å². The van der Waals surface area contributed by atoms with Crippen molar-refractivity contribution in [3.63, 3.8) is 0 Å². The summed E-state index contributed by atoms with van der Waals surface area (Å²) in [7, 11) is 0. The Kier molecular flexibility index (Phi) is 13.6. The first-order valence-corrected chi connectivity index (χ1v) is 12.5. The molecule has 1 atom stereocenters. The second-order valence-corrected chi connectivity index (χ2v) is 8.50. The van der Waals surface area contributed by atoms with Gasteiger partial charge in [0, 0.05) is 35.0 Å². The van der Waals surface area contributed by atoms with Gasteiger partial charge in [-0.3, -0.25) is 4.79 Å². The molecule has 1 unspecified atom stereocenters. The summed E-state index contributed by atoms with van der Waals surface area (Å²) in [5.41, 5.74) is 1.95. The fraction of sp³-hybridized carbons (Fsp3) is 0.464. The number of rotatable bonds is 12. The minimum Gasteiger partial charge on any atom is -0.406 e. The molecular weight excluding hydrogens is 483 g/mol. The highest BCUT2D eigenvalue weighted by molar-refractivity contribution is 6.05. The van der Waals surface area contributed by atoms with E-state index in [1.807, 2.05) is 40.7 Å². The highest BCUT2D eigenvalue weighted by atomic mass is 19.4. The number of halogens is 3. The van der Waals surface area contributed by atoms with Crippen LogP contribution < -0.4 is 10.1 Å². The molecule has 0 saturated heterocycles. The van der Waals surface area contributed by atoms with Crippen LogP contribution in [0.25, 0.3) is 0 Å². The molecule has 1 heterocycles. The van der Waals surface area contributed by atoms with Crippen molar-refractivity contribution in [2.75, 3.05) is 5.32 Å². The number of ether oxygens (including phenoxy) is 1. The molecule has 0 radical (unpaired) electrons. The third-order valence-corrected chi connectivity index (χ3v) is 5.84. The number of hydrogen-bond donors (Lipinski definition) is 3. The Balaban J connectivity index is 0.000000580. The SMILES string of the molecule is CC/C=C/C(=O)C(C)CC.CCC(CC)C(=N)c1c(CO)ccnc1Nc1ccc(OC(F)(F)F)cc1. The van der Waals surface area contributed by atoms with Crippen LogP contribution in [0.15, 0.2) is 48.7 Å². The maximum Gasteiger partial charge on any atom is 0.573 e. The lowest BCUT2D eigenvalue weighted by Gasteiger charge is -2.20. The van der Waals surface area contributed by atoms with E-state index < -0.39 is 6.36 Å². The van der Waals surface area contributed by atoms with E-state index in [9.17, 15) is 23.1 Å². The van der Waals surface area contributed by atoms with Gasteiger partial charge in [0.25, 0.3) is 0 Å². The van der Waals surface area contributed by atoms with Crippen LogP contribution in [0.1, 0.15) is 71.4 Å². The molecule has 0 aliphatic carbocycles. The van der Waals surface area contributed by atoms with Gasteiger partial charge in [-0.25, -0.2) is 4.98 Å². The van der Waals surface area contributed by atoms with Crippen molar-refractivity contribution in [3.05, 3.63) is 59.8 Å². The summed E-state index contributed by atoms with van der Waals surface area (Å²) in [6.07, 6.45) is 3.80. The van der Waals surface area contributed by atoms with Gasteiger partial charge < -0.3 is 20.6 Å². The molecule has 9 heteroatoms. The Morgan fingerprint density at radius 1 is 1.11 bits per heavy atom. The van der Waals surface area contributed by atoms with Crippen LogP contribution >= 0.6 is 0 Å². The zero-order chi connectivity index (χ0) is 28.0. The molecule has 0 aliphatic rings. The molecule has 6 nitrogen and oxygen atoms in total. The van der Waals surface area contributed by atoms with Crippen LogP contribution in [0.2, 0.25) is 0 Å². The number of ketones is 1. The van der Waals surface area contributed by atoms with E-state index in [1.165, 1.54) is 30.5 Å². The summed E-state index contributed by atoms with van der Waals surface area (Å²) in [6.45, 7) is 9.76. The van der Waals surface area contributed by atoms with Crippen molar-refractivity contribution >= 4 is 23.0 Å². The molecule has 0 aliphatic heterocycles. The summed E-state index contributed by atoms with van der Waals surface area (Å²) in [5, 5.41) is 21.2. The van der Waals surface area contributed by atoms with Gasteiger partial charge in [0.15, 0.2) is 5.78 Å². The van der Waals surface area contributed by atoms with Gasteiger partial charge in [0.1, 0.15) is 11.6 Å². The summed E-state index contributed by atoms with van der Waals surface area (Å²) in [4.78, 5) is 15.3. The van der Waals surface area contributed by atoms with Crippen LogP contribution in [0.5, 0.6) is 5.75 Å². The van der Waals surface area contributed by atoms with Crippen LogP contribution in [-0.2, 0) is 11.4 Å². The molecule has 2 aromatic rings. The third kappa shape index (κ3) is 10.8. The molecular formula is C28H38F3N3O3. The normalized spacial score (nSPS) is 12.2. The van der Waals surface area contributed by atoms with E-state index in [1.54, 1.807) is 12.1 Å². The first-order chi connectivity index (χ1) is 17.5. The number of nitrogens with zero attached hydrogens (tertiary/aromatic N) is 1. The molecule has 204 valence electrons. The number of carbonyl (C=O) groups is 1. The van der Waals surface area contributed by atoms with E-state index in [0.717, 1.165) is 25.7 Å². The summed E-state index contributed by atoms with van der Waals surface area (Å²) < 4.78 is 40.6. The monoisotopic (exact) mass is 521 g/mol. The van der Waals surface area contributed by atoms with Gasteiger partial charge in [-0.1, -0.05) is 40.7 Å². The maximum absolute atomic E-state index is 12.3. The number of nitrogens with one attached hydrogen (secondary N) is 2.